The molecule has 3 heterocycles. The molecule has 1 aliphatic carbocycles. The third kappa shape index (κ3) is 3.84. The highest BCUT2D eigenvalue weighted by atomic mass is 16.7. The van der Waals surface area contributed by atoms with Crippen molar-refractivity contribution in [1.82, 2.24) is 4.90 Å². The number of carbonyl (C=O) groups is 2. The lowest BCUT2D eigenvalue weighted by atomic mass is 9.82. The molecule has 180 valence electrons. The van der Waals surface area contributed by atoms with Crippen molar-refractivity contribution in [3.05, 3.63) is 23.3 Å². The first-order valence-corrected chi connectivity index (χ1v) is 11.5. The summed E-state index contributed by atoms with van der Waals surface area (Å²) in [5, 5.41) is 39.8. The number of anilines is 1. The van der Waals surface area contributed by atoms with E-state index in [-0.39, 0.29) is 5.91 Å². The molecular weight excluding hydrogens is 432 g/mol. The zero-order valence-electron chi connectivity index (χ0n) is 18.5. The second-order valence-electron chi connectivity index (χ2n) is 9.56. The normalized spacial score (nSPS) is 35.5. The molecule has 0 spiro atoms. The number of carboxylic acid groups (broad SMARTS) is 1. The zero-order valence-corrected chi connectivity index (χ0v) is 18.5. The maximum absolute atomic E-state index is 12.2. The summed E-state index contributed by atoms with van der Waals surface area (Å²) in [6.07, 6.45) is -4.97. The van der Waals surface area contributed by atoms with Gasteiger partial charge in [0.1, 0.15) is 24.1 Å². The molecule has 1 saturated carbocycles. The second kappa shape index (κ2) is 8.43. The van der Waals surface area contributed by atoms with Crippen LogP contribution in [0, 0.1) is 5.92 Å². The first-order valence-electron chi connectivity index (χ1n) is 11.5. The first kappa shape index (κ1) is 22.4. The van der Waals surface area contributed by atoms with E-state index < -0.39 is 36.7 Å². The molecule has 4 aliphatic rings. The fourth-order valence-corrected chi connectivity index (χ4v) is 5.87. The van der Waals surface area contributed by atoms with Gasteiger partial charge in [-0.3, -0.25) is 4.79 Å². The van der Waals surface area contributed by atoms with E-state index in [1.54, 1.807) is 17.9 Å². The molecule has 10 heteroatoms. The van der Waals surface area contributed by atoms with Crippen molar-refractivity contribution in [3.63, 3.8) is 0 Å². The quantitative estimate of drug-likeness (QED) is 0.489. The number of nitrogens with zero attached hydrogens (tertiary/aromatic N) is 2. The predicted octanol–water partition coefficient (Wildman–Crippen LogP) is 0.0234. The van der Waals surface area contributed by atoms with Gasteiger partial charge in [-0.05, 0) is 47.9 Å². The molecule has 0 radical (unpaired) electrons. The van der Waals surface area contributed by atoms with E-state index in [9.17, 15) is 30.0 Å². The minimum Gasteiger partial charge on any atom is -0.479 e. The molecule has 5 rings (SSSR count). The summed E-state index contributed by atoms with van der Waals surface area (Å²) >= 11 is 0. The average molecular weight is 462 g/mol. The molecule has 4 N–H and O–H groups in total. The molecule has 7 atom stereocenters. The summed E-state index contributed by atoms with van der Waals surface area (Å²) in [5.41, 5.74) is 3.21. The van der Waals surface area contributed by atoms with E-state index in [0.717, 1.165) is 49.2 Å². The van der Waals surface area contributed by atoms with Gasteiger partial charge in [-0.2, -0.15) is 0 Å². The SMILES string of the molecule is CC(=O)N1CCN2CC3CCCC3c3cc(OC4OC(C(=O)O)C(O)C(O)C4O)cc(c32)C1. The number of carboxylic acids is 1. The Balaban J connectivity index is 1.51. The van der Waals surface area contributed by atoms with Crippen molar-refractivity contribution in [2.75, 3.05) is 24.5 Å². The van der Waals surface area contributed by atoms with Crippen LogP contribution < -0.4 is 9.64 Å². The summed E-state index contributed by atoms with van der Waals surface area (Å²) in [6, 6.07) is 3.71. The summed E-state index contributed by atoms with van der Waals surface area (Å²) < 4.78 is 11.2. The summed E-state index contributed by atoms with van der Waals surface area (Å²) in [5.74, 6) is -0.199. The second-order valence-corrected chi connectivity index (χ2v) is 9.56. The van der Waals surface area contributed by atoms with Gasteiger partial charge < -0.3 is 39.7 Å². The number of amides is 1. The Labute approximate surface area is 191 Å². The highest BCUT2D eigenvalue weighted by Crippen LogP contribution is 2.50. The Kier molecular flexibility index (Phi) is 5.72. The van der Waals surface area contributed by atoms with Gasteiger partial charge in [0.15, 0.2) is 6.10 Å². The van der Waals surface area contributed by atoms with Crippen LogP contribution in [0.15, 0.2) is 12.1 Å². The maximum atomic E-state index is 12.2. The van der Waals surface area contributed by atoms with Crippen LogP contribution in [-0.4, -0.2) is 87.5 Å². The number of aliphatic hydroxyl groups excluding tert-OH is 3. The summed E-state index contributed by atoms with van der Waals surface area (Å²) in [6.45, 7) is 4.33. The molecule has 1 saturated heterocycles. The van der Waals surface area contributed by atoms with E-state index in [2.05, 4.69) is 4.90 Å². The van der Waals surface area contributed by atoms with Gasteiger partial charge in [0.2, 0.25) is 12.2 Å². The number of benzene rings is 1. The van der Waals surface area contributed by atoms with Crippen molar-refractivity contribution in [2.45, 2.75) is 69.4 Å². The van der Waals surface area contributed by atoms with Gasteiger partial charge in [0.05, 0.1) is 0 Å². The van der Waals surface area contributed by atoms with Crippen molar-refractivity contribution < 1.29 is 39.5 Å². The molecule has 0 aromatic heterocycles. The van der Waals surface area contributed by atoms with Crippen molar-refractivity contribution >= 4 is 17.6 Å². The van der Waals surface area contributed by atoms with E-state index in [1.165, 1.54) is 0 Å². The van der Waals surface area contributed by atoms with E-state index in [1.807, 2.05) is 6.07 Å². The van der Waals surface area contributed by atoms with Gasteiger partial charge >= 0.3 is 5.97 Å². The highest BCUT2D eigenvalue weighted by Gasteiger charge is 2.48. The molecule has 0 bridgehead atoms. The number of aliphatic hydroxyl groups is 3. The van der Waals surface area contributed by atoms with Crippen LogP contribution in [0.2, 0.25) is 0 Å². The average Bonchev–Trinajstić information content (AvgIpc) is 3.16. The topological polar surface area (TPSA) is 140 Å². The van der Waals surface area contributed by atoms with Gasteiger partial charge in [0.25, 0.3) is 0 Å². The maximum Gasteiger partial charge on any atom is 0.335 e. The number of rotatable bonds is 3. The Bertz CT molecular complexity index is 955. The van der Waals surface area contributed by atoms with Gasteiger partial charge in [-0.1, -0.05) is 6.42 Å². The fraction of sp³-hybridized carbons (Fsp3) is 0.652. The summed E-state index contributed by atoms with van der Waals surface area (Å²) in [4.78, 5) is 27.8. The molecule has 3 aliphatic heterocycles. The van der Waals surface area contributed by atoms with Crippen LogP contribution in [0.5, 0.6) is 5.75 Å². The molecule has 2 fully saturated rings. The standard InChI is InChI=1S/C23H30N2O8/c1-11(26)24-5-6-25-9-12-3-2-4-15(12)16-8-14(7-13(10-24)17(16)25)32-23-20(29)18(27)19(28)21(33-23)22(30)31/h7-8,12,15,18-21,23,27-29H,2-6,9-10H2,1H3,(H,30,31). The van der Waals surface area contributed by atoms with Gasteiger partial charge in [-0.25, -0.2) is 4.79 Å². The molecule has 1 aromatic carbocycles. The number of carbonyl (C=O) groups excluding carboxylic acids is 1. The van der Waals surface area contributed by atoms with Crippen LogP contribution in [-0.2, 0) is 20.9 Å². The number of hydrogen-bond donors (Lipinski definition) is 4. The number of hydrogen-bond acceptors (Lipinski definition) is 8. The predicted molar refractivity (Wildman–Crippen MR) is 115 cm³/mol. The van der Waals surface area contributed by atoms with E-state index >= 15 is 0 Å². The lowest BCUT2D eigenvalue weighted by molar-refractivity contribution is -0.271. The Morgan fingerprint density at radius 3 is 2.61 bits per heavy atom. The van der Waals surface area contributed by atoms with Crippen molar-refractivity contribution in [3.8, 4) is 5.75 Å². The molecular formula is C23H30N2O8. The Morgan fingerprint density at radius 1 is 1.09 bits per heavy atom. The first-order chi connectivity index (χ1) is 15.7. The molecule has 1 amide bonds. The summed E-state index contributed by atoms with van der Waals surface area (Å²) in [7, 11) is 0. The minimum atomic E-state index is -1.78. The monoisotopic (exact) mass is 462 g/mol. The van der Waals surface area contributed by atoms with Crippen LogP contribution in [0.25, 0.3) is 0 Å². The molecule has 10 nitrogen and oxygen atoms in total. The number of aliphatic carboxylic acids is 1. The van der Waals surface area contributed by atoms with Crippen molar-refractivity contribution in [1.29, 1.82) is 0 Å². The van der Waals surface area contributed by atoms with Crippen LogP contribution >= 0.6 is 0 Å². The third-order valence-electron chi connectivity index (χ3n) is 7.53. The third-order valence-corrected chi connectivity index (χ3v) is 7.53. The molecule has 7 unspecified atom stereocenters. The van der Waals surface area contributed by atoms with Crippen LogP contribution in [0.1, 0.15) is 43.2 Å². The molecule has 1 aromatic rings. The molecule has 33 heavy (non-hydrogen) atoms. The van der Waals surface area contributed by atoms with Gasteiger partial charge in [0, 0.05) is 38.8 Å². The highest BCUT2D eigenvalue weighted by molar-refractivity contribution is 5.75. The van der Waals surface area contributed by atoms with E-state index in [0.29, 0.717) is 30.7 Å². The van der Waals surface area contributed by atoms with Crippen molar-refractivity contribution in [2.24, 2.45) is 5.92 Å². The largest absolute Gasteiger partial charge is 0.479 e. The lowest BCUT2D eigenvalue weighted by Gasteiger charge is -2.40. The van der Waals surface area contributed by atoms with Gasteiger partial charge in [-0.15, -0.1) is 0 Å². The zero-order chi connectivity index (χ0) is 23.4. The van der Waals surface area contributed by atoms with E-state index in [4.69, 9.17) is 9.47 Å². The Morgan fingerprint density at radius 2 is 1.88 bits per heavy atom. The number of ether oxygens (including phenoxy) is 2. The lowest BCUT2D eigenvalue weighted by Crippen LogP contribution is -2.61. The fourth-order valence-electron chi connectivity index (χ4n) is 5.87. The van der Waals surface area contributed by atoms with Crippen LogP contribution in [0.3, 0.4) is 0 Å². The number of fused-ring (bicyclic) bond motifs is 2. The smallest absolute Gasteiger partial charge is 0.335 e. The minimum absolute atomic E-state index is 0.0115. The van der Waals surface area contributed by atoms with Crippen LogP contribution in [0.4, 0.5) is 5.69 Å². The Hall–Kier alpha value is -2.40.